The van der Waals surface area contributed by atoms with E-state index in [0.29, 0.717) is 0 Å². The van der Waals surface area contributed by atoms with Crippen LogP contribution in [-0.2, 0) is 6.54 Å². The van der Waals surface area contributed by atoms with Gasteiger partial charge in [-0.1, -0.05) is 61.0 Å². The van der Waals surface area contributed by atoms with E-state index in [1.54, 1.807) is 0 Å². The van der Waals surface area contributed by atoms with Crippen LogP contribution in [0.3, 0.4) is 0 Å². The number of aromatic nitrogens is 1. The Bertz CT molecular complexity index is 1270. The van der Waals surface area contributed by atoms with Crippen LogP contribution in [0, 0.1) is 10.2 Å². The van der Waals surface area contributed by atoms with Gasteiger partial charge in [0.1, 0.15) is 15.9 Å². The average Bonchev–Trinajstić information content (AvgIpc) is 3.43. The van der Waals surface area contributed by atoms with Gasteiger partial charge < -0.3 is 9.32 Å². The Hall–Kier alpha value is -2.81. The van der Waals surface area contributed by atoms with Crippen molar-refractivity contribution in [1.82, 2.24) is 9.88 Å². The van der Waals surface area contributed by atoms with Crippen LogP contribution in [0.1, 0.15) is 44.4 Å². The number of rotatable bonds is 7. The van der Waals surface area contributed by atoms with Crippen molar-refractivity contribution in [3.05, 3.63) is 96.9 Å². The fourth-order valence-corrected chi connectivity index (χ4v) is 10.2. The molecular formula is C32H37ClN3O5P. The van der Waals surface area contributed by atoms with Crippen LogP contribution < -0.4 is 44.9 Å². The maximum atomic E-state index is 8.49. The first-order valence-electron chi connectivity index (χ1n) is 14.5. The third-order valence-corrected chi connectivity index (χ3v) is 12.0. The predicted octanol–water partition coefficient (Wildman–Crippen LogP) is 0.514. The van der Waals surface area contributed by atoms with Crippen LogP contribution in [0.25, 0.3) is 0 Å². The van der Waals surface area contributed by atoms with Crippen molar-refractivity contribution < 1.29 is 33.3 Å². The van der Waals surface area contributed by atoms with E-state index < -0.39 is 17.5 Å². The molecule has 2 fully saturated rings. The summed E-state index contributed by atoms with van der Waals surface area (Å²) < 4.78 is 40.8. The molecule has 4 aromatic rings. The zero-order valence-electron chi connectivity index (χ0n) is 23.6. The lowest BCUT2D eigenvalue weighted by molar-refractivity contribution is -2.00. The maximum absolute atomic E-state index is 8.49. The second-order valence-electron chi connectivity index (χ2n) is 10.7. The SMILES string of the molecule is [O-][Cl+3]([O-])([O-])[O-].c1ccc([P+](c2ccccc2)(c2ccccc2)c2nc(CN3CCCCC3)oc2N2CCCCC2)cc1. The number of hydrogen-bond acceptors (Lipinski definition) is 8. The Kier molecular flexibility index (Phi) is 10.3. The van der Waals surface area contributed by atoms with Gasteiger partial charge in [0.2, 0.25) is 5.89 Å². The highest BCUT2D eigenvalue weighted by atomic mass is 35.7. The summed E-state index contributed by atoms with van der Waals surface area (Å²) in [6.45, 7) is 5.12. The highest BCUT2D eigenvalue weighted by molar-refractivity contribution is 8.01. The first kappa shape index (κ1) is 30.6. The molecule has 0 N–H and O–H groups in total. The lowest BCUT2D eigenvalue weighted by Gasteiger charge is -2.30. The molecule has 222 valence electrons. The van der Waals surface area contributed by atoms with Crippen molar-refractivity contribution >= 4 is 34.5 Å². The number of anilines is 1. The molecule has 0 bridgehead atoms. The number of benzene rings is 3. The molecule has 8 nitrogen and oxygen atoms in total. The molecule has 2 aliphatic rings. The van der Waals surface area contributed by atoms with Gasteiger partial charge in [0.25, 0.3) is 11.3 Å². The average molecular weight is 610 g/mol. The van der Waals surface area contributed by atoms with E-state index in [2.05, 4.69) is 101 Å². The summed E-state index contributed by atoms with van der Waals surface area (Å²) in [4.78, 5) is 10.5. The molecule has 0 aliphatic carbocycles. The number of piperidine rings is 2. The van der Waals surface area contributed by atoms with Crippen molar-refractivity contribution in [2.75, 3.05) is 31.1 Å². The van der Waals surface area contributed by atoms with Gasteiger partial charge >= 0.3 is 0 Å². The summed E-state index contributed by atoms with van der Waals surface area (Å²) in [6, 6.07) is 33.2. The summed E-state index contributed by atoms with van der Waals surface area (Å²) in [6.07, 6.45) is 7.56. The molecule has 0 unspecified atom stereocenters. The molecule has 2 saturated heterocycles. The Morgan fingerprint density at radius 1 is 0.619 bits per heavy atom. The van der Waals surface area contributed by atoms with E-state index in [9.17, 15) is 0 Å². The fraction of sp³-hybridized carbons (Fsp3) is 0.344. The molecule has 2 aliphatic heterocycles. The summed E-state index contributed by atoms with van der Waals surface area (Å²) in [5.74, 6) is 1.86. The van der Waals surface area contributed by atoms with E-state index in [4.69, 9.17) is 28.0 Å². The molecule has 10 heteroatoms. The topological polar surface area (TPSA) is 125 Å². The number of oxazole rings is 1. The molecule has 3 heterocycles. The quantitative estimate of drug-likeness (QED) is 0.278. The normalized spacial score (nSPS) is 16.5. The monoisotopic (exact) mass is 609 g/mol. The Morgan fingerprint density at radius 2 is 1.02 bits per heavy atom. The van der Waals surface area contributed by atoms with Gasteiger partial charge in [-0.15, -0.1) is 10.2 Å². The molecule has 6 rings (SSSR count). The first-order valence-corrected chi connectivity index (χ1v) is 17.5. The molecule has 0 atom stereocenters. The highest BCUT2D eigenvalue weighted by Gasteiger charge is 2.53. The van der Waals surface area contributed by atoms with Gasteiger partial charge in [-0.05, 0) is 81.6 Å². The van der Waals surface area contributed by atoms with Gasteiger partial charge in [-0.25, -0.2) is 18.6 Å². The van der Waals surface area contributed by atoms with Crippen LogP contribution >= 0.6 is 7.26 Å². The zero-order chi connectivity index (χ0) is 29.4. The zero-order valence-corrected chi connectivity index (χ0v) is 25.3. The Morgan fingerprint density at radius 3 is 1.45 bits per heavy atom. The van der Waals surface area contributed by atoms with Crippen LogP contribution in [0.15, 0.2) is 95.4 Å². The molecule has 3 aromatic carbocycles. The van der Waals surface area contributed by atoms with Crippen LogP contribution in [0.2, 0.25) is 0 Å². The van der Waals surface area contributed by atoms with Gasteiger partial charge in [0.15, 0.2) is 7.26 Å². The molecule has 0 amide bonds. The Labute approximate surface area is 250 Å². The number of halogens is 1. The van der Waals surface area contributed by atoms with Crippen molar-refractivity contribution in [1.29, 1.82) is 0 Å². The second kappa shape index (κ2) is 14.1. The maximum Gasteiger partial charge on any atom is 0.261 e. The van der Waals surface area contributed by atoms with Crippen LogP contribution in [-0.4, -0.2) is 36.1 Å². The van der Waals surface area contributed by atoms with Crippen LogP contribution in [0.4, 0.5) is 5.88 Å². The number of hydrogen-bond donors (Lipinski definition) is 0. The van der Waals surface area contributed by atoms with E-state index in [1.165, 1.54) is 54.4 Å². The van der Waals surface area contributed by atoms with E-state index >= 15 is 0 Å². The summed E-state index contributed by atoms with van der Waals surface area (Å²) in [5, 5.41) is 3.97. The van der Waals surface area contributed by atoms with Gasteiger partial charge in [-0.3, -0.25) is 4.90 Å². The van der Waals surface area contributed by atoms with Crippen molar-refractivity contribution in [2.24, 2.45) is 0 Å². The van der Waals surface area contributed by atoms with Crippen molar-refractivity contribution in [3.63, 3.8) is 0 Å². The molecule has 0 saturated carbocycles. The highest BCUT2D eigenvalue weighted by Crippen LogP contribution is 2.56. The third kappa shape index (κ3) is 7.39. The molecule has 0 radical (unpaired) electrons. The van der Waals surface area contributed by atoms with Gasteiger partial charge in [-0.2, -0.15) is 4.98 Å². The minimum absolute atomic E-state index is 0.791. The molecule has 42 heavy (non-hydrogen) atoms. The smallest absolute Gasteiger partial charge is 0.261 e. The first-order chi connectivity index (χ1) is 20.4. The summed E-state index contributed by atoms with van der Waals surface area (Å²) in [7, 11) is -7.25. The molecule has 1 aromatic heterocycles. The van der Waals surface area contributed by atoms with Crippen molar-refractivity contribution in [3.8, 4) is 0 Å². The minimum atomic E-state index is -4.94. The Balaban J connectivity index is 0.000000652. The molecule has 0 spiro atoms. The van der Waals surface area contributed by atoms with Crippen LogP contribution in [0.5, 0.6) is 0 Å². The summed E-state index contributed by atoms with van der Waals surface area (Å²) in [5.41, 5.74) is 1.13. The fourth-order valence-electron chi connectivity index (χ4n) is 6.01. The minimum Gasteiger partial charge on any atom is -0.419 e. The molecular weight excluding hydrogens is 573 g/mol. The van der Waals surface area contributed by atoms with E-state index in [0.717, 1.165) is 49.9 Å². The van der Waals surface area contributed by atoms with E-state index in [-0.39, 0.29) is 0 Å². The second-order valence-corrected chi connectivity index (χ2v) is 14.7. The van der Waals surface area contributed by atoms with Gasteiger partial charge in [0, 0.05) is 13.1 Å². The lowest BCUT2D eigenvalue weighted by Crippen LogP contribution is -2.68. The third-order valence-electron chi connectivity index (χ3n) is 7.84. The number of likely N-dealkylation sites (tertiary alicyclic amines) is 1. The number of nitrogens with zero attached hydrogens (tertiary/aromatic N) is 3. The van der Waals surface area contributed by atoms with E-state index in [1.807, 2.05) is 0 Å². The standard InChI is InChI=1S/C32H37N3OP.ClHO4/c1-6-16-27(17-7-1)37(28-18-8-2-9-19-28,29-20-10-3-11-21-29)31-32(35-24-14-5-15-25-35)36-30(33-31)26-34-22-12-4-13-23-34;2-1(3,4)5/h1-3,6-11,16-21H,4-5,12-15,22-26H2;(H,2,3,4,5)/q+1;/p-1. The summed E-state index contributed by atoms with van der Waals surface area (Å²) >= 11 is 0. The predicted molar refractivity (Wildman–Crippen MR) is 156 cm³/mol. The largest absolute Gasteiger partial charge is 0.419 e. The lowest BCUT2D eigenvalue weighted by atomic mass is 10.1. The van der Waals surface area contributed by atoms with Crippen molar-refractivity contribution in [2.45, 2.75) is 45.1 Å². The van der Waals surface area contributed by atoms with Gasteiger partial charge in [0.05, 0.1) is 6.54 Å².